The normalized spacial score (nSPS) is 10.7. The van der Waals surface area contributed by atoms with Crippen LogP contribution in [0, 0.1) is 11.3 Å². The van der Waals surface area contributed by atoms with E-state index in [4.69, 9.17) is 10.00 Å². The van der Waals surface area contributed by atoms with Crippen LogP contribution >= 0.6 is 0 Å². The second kappa shape index (κ2) is 8.52. The standard InChI is InChI=1S/C15H23N3O/c1-17(2)9-4-10-18(3)11-12-19-15-7-5-14(13-16)6-8-15/h5-8H,4,9-12H2,1-3H3. The SMILES string of the molecule is CN(C)CCCN(C)CCOc1ccc(C#N)cc1. The van der Waals surface area contributed by atoms with E-state index in [0.29, 0.717) is 12.2 Å². The molecule has 0 aliphatic rings. The Morgan fingerprint density at radius 1 is 1.05 bits per heavy atom. The quantitative estimate of drug-likeness (QED) is 0.715. The summed E-state index contributed by atoms with van der Waals surface area (Å²) in [6, 6.07) is 9.32. The van der Waals surface area contributed by atoms with Gasteiger partial charge < -0.3 is 14.5 Å². The number of nitrogens with zero attached hydrogens (tertiary/aromatic N) is 3. The number of benzene rings is 1. The Labute approximate surface area is 116 Å². The monoisotopic (exact) mass is 261 g/mol. The number of rotatable bonds is 8. The van der Waals surface area contributed by atoms with Crippen LogP contribution in [-0.2, 0) is 0 Å². The van der Waals surface area contributed by atoms with Crippen molar-refractivity contribution < 1.29 is 4.74 Å². The maximum atomic E-state index is 8.70. The van der Waals surface area contributed by atoms with Crippen LogP contribution in [0.2, 0.25) is 0 Å². The zero-order chi connectivity index (χ0) is 14.1. The first kappa shape index (κ1) is 15.5. The third kappa shape index (κ3) is 6.80. The third-order valence-electron chi connectivity index (χ3n) is 2.87. The summed E-state index contributed by atoms with van der Waals surface area (Å²) in [6.07, 6.45) is 1.17. The Morgan fingerprint density at radius 2 is 1.74 bits per heavy atom. The summed E-state index contributed by atoms with van der Waals surface area (Å²) in [6.45, 7) is 3.77. The van der Waals surface area contributed by atoms with Crippen LogP contribution in [0.15, 0.2) is 24.3 Å². The first-order chi connectivity index (χ1) is 9.11. The minimum Gasteiger partial charge on any atom is -0.492 e. The van der Waals surface area contributed by atoms with Gasteiger partial charge in [-0.25, -0.2) is 0 Å². The fourth-order valence-corrected chi connectivity index (χ4v) is 1.71. The topological polar surface area (TPSA) is 39.5 Å². The average molecular weight is 261 g/mol. The second-order valence-corrected chi connectivity index (χ2v) is 4.94. The van der Waals surface area contributed by atoms with E-state index < -0.39 is 0 Å². The number of likely N-dealkylation sites (N-methyl/N-ethyl adjacent to an activating group) is 1. The highest BCUT2D eigenvalue weighted by Gasteiger charge is 2.00. The van der Waals surface area contributed by atoms with Crippen LogP contribution in [0.3, 0.4) is 0 Å². The molecule has 0 aliphatic carbocycles. The van der Waals surface area contributed by atoms with Gasteiger partial charge in [-0.1, -0.05) is 0 Å². The van der Waals surface area contributed by atoms with Crippen molar-refractivity contribution in [3.05, 3.63) is 29.8 Å². The van der Waals surface area contributed by atoms with E-state index >= 15 is 0 Å². The minimum atomic E-state index is 0.660. The molecule has 0 saturated carbocycles. The van der Waals surface area contributed by atoms with Gasteiger partial charge in [-0.3, -0.25) is 0 Å². The first-order valence-corrected chi connectivity index (χ1v) is 6.58. The van der Waals surface area contributed by atoms with Gasteiger partial charge >= 0.3 is 0 Å². The summed E-state index contributed by atoms with van der Waals surface area (Å²) < 4.78 is 5.64. The smallest absolute Gasteiger partial charge is 0.119 e. The molecule has 0 saturated heterocycles. The van der Waals surface area contributed by atoms with Gasteiger partial charge in [-0.15, -0.1) is 0 Å². The summed E-state index contributed by atoms with van der Waals surface area (Å²) in [5.74, 6) is 0.820. The van der Waals surface area contributed by atoms with Crippen molar-refractivity contribution in [2.45, 2.75) is 6.42 Å². The molecule has 0 N–H and O–H groups in total. The van der Waals surface area contributed by atoms with Crippen molar-refractivity contribution in [3.63, 3.8) is 0 Å². The molecule has 0 aliphatic heterocycles. The molecule has 19 heavy (non-hydrogen) atoms. The lowest BCUT2D eigenvalue weighted by Crippen LogP contribution is -2.27. The number of ether oxygens (including phenoxy) is 1. The van der Waals surface area contributed by atoms with Crippen molar-refractivity contribution in [2.24, 2.45) is 0 Å². The van der Waals surface area contributed by atoms with Crippen LogP contribution in [0.1, 0.15) is 12.0 Å². The van der Waals surface area contributed by atoms with Crippen LogP contribution < -0.4 is 4.74 Å². The lowest BCUT2D eigenvalue weighted by Gasteiger charge is -2.18. The molecule has 1 aromatic rings. The molecule has 1 rings (SSSR count). The Balaban J connectivity index is 2.17. The summed E-state index contributed by atoms with van der Waals surface area (Å²) in [5, 5.41) is 8.70. The van der Waals surface area contributed by atoms with Gasteiger partial charge in [0.2, 0.25) is 0 Å². The van der Waals surface area contributed by atoms with E-state index in [-0.39, 0.29) is 0 Å². The molecular formula is C15H23N3O. The molecule has 0 spiro atoms. The molecule has 0 fully saturated rings. The summed E-state index contributed by atoms with van der Waals surface area (Å²) in [7, 11) is 6.29. The zero-order valence-corrected chi connectivity index (χ0v) is 12.1. The van der Waals surface area contributed by atoms with E-state index in [9.17, 15) is 0 Å². The van der Waals surface area contributed by atoms with Crippen LogP contribution in [0.4, 0.5) is 0 Å². The van der Waals surface area contributed by atoms with Crippen molar-refractivity contribution in [1.82, 2.24) is 9.80 Å². The molecular weight excluding hydrogens is 238 g/mol. The zero-order valence-electron chi connectivity index (χ0n) is 12.1. The predicted molar refractivity (Wildman–Crippen MR) is 77.3 cm³/mol. The van der Waals surface area contributed by atoms with Crippen molar-refractivity contribution in [3.8, 4) is 11.8 Å². The molecule has 0 bridgehead atoms. The minimum absolute atomic E-state index is 0.660. The molecule has 1 aromatic carbocycles. The lowest BCUT2D eigenvalue weighted by molar-refractivity contribution is 0.229. The van der Waals surface area contributed by atoms with Gasteiger partial charge in [-0.05, 0) is 64.9 Å². The van der Waals surface area contributed by atoms with Crippen LogP contribution in [-0.4, -0.2) is 57.2 Å². The van der Waals surface area contributed by atoms with Crippen molar-refractivity contribution in [2.75, 3.05) is 47.4 Å². The predicted octanol–water partition coefficient (Wildman–Crippen LogP) is 1.82. The largest absolute Gasteiger partial charge is 0.492 e. The van der Waals surface area contributed by atoms with E-state index in [2.05, 4.69) is 37.0 Å². The van der Waals surface area contributed by atoms with E-state index in [1.165, 1.54) is 6.42 Å². The molecule has 0 heterocycles. The Bertz CT molecular complexity index is 395. The van der Waals surface area contributed by atoms with Crippen molar-refractivity contribution >= 4 is 0 Å². The molecule has 0 unspecified atom stereocenters. The third-order valence-corrected chi connectivity index (χ3v) is 2.87. The number of nitriles is 1. The number of hydrogen-bond donors (Lipinski definition) is 0. The van der Waals surface area contributed by atoms with Gasteiger partial charge in [0.1, 0.15) is 12.4 Å². The molecule has 0 aromatic heterocycles. The van der Waals surface area contributed by atoms with E-state index in [0.717, 1.165) is 25.4 Å². The molecule has 104 valence electrons. The molecule has 0 atom stereocenters. The maximum Gasteiger partial charge on any atom is 0.119 e. The summed E-state index contributed by atoms with van der Waals surface area (Å²) in [4.78, 5) is 4.47. The fraction of sp³-hybridized carbons (Fsp3) is 0.533. The van der Waals surface area contributed by atoms with Gasteiger partial charge in [0.25, 0.3) is 0 Å². The van der Waals surface area contributed by atoms with Crippen molar-refractivity contribution in [1.29, 1.82) is 5.26 Å². The van der Waals surface area contributed by atoms with Crippen LogP contribution in [0.5, 0.6) is 5.75 Å². The van der Waals surface area contributed by atoms with Gasteiger partial charge in [-0.2, -0.15) is 5.26 Å². The fourth-order valence-electron chi connectivity index (χ4n) is 1.71. The molecule has 4 nitrogen and oxygen atoms in total. The van der Waals surface area contributed by atoms with E-state index in [1.807, 2.05) is 12.1 Å². The van der Waals surface area contributed by atoms with Crippen LogP contribution in [0.25, 0.3) is 0 Å². The average Bonchev–Trinajstić information content (AvgIpc) is 2.39. The molecule has 0 radical (unpaired) electrons. The Morgan fingerprint density at radius 3 is 2.32 bits per heavy atom. The summed E-state index contributed by atoms with van der Waals surface area (Å²) in [5.41, 5.74) is 0.660. The molecule has 0 amide bonds. The lowest BCUT2D eigenvalue weighted by atomic mass is 10.2. The Kier molecular flexibility index (Phi) is 6.94. The number of hydrogen-bond acceptors (Lipinski definition) is 4. The highest BCUT2D eigenvalue weighted by molar-refractivity contribution is 5.34. The maximum absolute atomic E-state index is 8.70. The van der Waals surface area contributed by atoms with Gasteiger partial charge in [0.15, 0.2) is 0 Å². The van der Waals surface area contributed by atoms with Gasteiger partial charge in [0, 0.05) is 6.54 Å². The highest BCUT2D eigenvalue weighted by Crippen LogP contribution is 2.11. The summed E-state index contributed by atoms with van der Waals surface area (Å²) >= 11 is 0. The second-order valence-electron chi connectivity index (χ2n) is 4.94. The first-order valence-electron chi connectivity index (χ1n) is 6.58. The highest BCUT2D eigenvalue weighted by atomic mass is 16.5. The molecule has 4 heteroatoms. The van der Waals surface area contributed by atoms with Gasteiger partial charge in [0.05, 0.1) is 11.6 Å². The Hall–Kier alpha value is -1.57. The van der Waals surface area contributed by atoms with E-state index in [1.54, 1.807) is 12.1 Å².